The van der Waals surface area contributed by atoms with Gasteiger partial charge in [0.2, 0.25) is 11.8 Å². The van der Waals surface area contributed by atoms with E-state index >= 15 is 0 Å². The Bertz CT molecular complexity index is 441. The zero-order chi connectivity index (χ0) is 13.0. The van der Waals surface area contributed by atoms with E-state index in [2.05, 4.69) is 5.32 Å². The number of benzene rings is 1. The maximum absolute atomic E-state index is 11.2. The SMILES string of the molecule is CC(=O)N[C@H](Cc1ccc(C)c(C)c1)C(N)=O. The predicted molar refractivity (Wildman–Crippen MR) is 66.4 cm³/mol. The maximum atomic E-state index is 11.2. The molecule has 0 aliphatic heterocycles. The first-order chi connectivity index (χ1) is 7.90. The number of nitrogens with one attached hydrogen (secondary N) is 1. The highest BCUT2D eigenvalue weighted by atomic mass is 16.2. The van der Waals surface area contributed by atoms with Gasteiger partial charge in [0.1, 0.15) is 6.04 Å². The number of carbonyl (C=O) groups is 2. The van der Waals surface area contributed by atoms with Crippen molar-refractivity contribution >= 4 is 11.8 Å². The van der Waals surface area contributed by atoms with Crippen molar-refractivity contribution in [3.05, 3.63) is 34.9 Å². The second kappa shape index (κ2) is 5.48. The zero-order valence-corrected chi connectivity index (χ0v) is 10.4. The van der Waals surface area contributed by atoms with Crippen molar-refractivity contribution in [1.29, 1.82) is 0 Å². The van der Waals surface area contributed by atoms with Crippen molar-refractivity contribution in [2.45, 2.75) is 33.2 Å². The Labute approximate surface area is 101 Å². The fourth-order valence-corrected chi connectivity index (χ4v) is 1.63. The molecule has 0 bridgehead atoms. The summed E-state index contributed by atoms with van der Waals surface area (Å²) in [4.78, 5) is 22.1. The smallest absolute Gasteiger partial charge is 0.240 e. The van der Waals surface area contributed by atoms with Crippen LogP contribution in [0.4, 0.5) is 0 Å². The number of hydrogen-bond donors (Lipinski definition) is 2. The van der Waals surface area contributed by atoms with Crippen LogP contribution < -0.4 is 11.1 Å². The van der Waals surface area contributed by atoms with Crippen molar-refractivity contribution in [2.24, 2.45) is 5.73 Å². The van der Waals surface area contributed by atoms with Crippen molar-refractivity contribution in [3.8, 4) is 0 Å². The molecule has 3 N–H and O–H groups in total. The van der Waals surface area contributed by atoms with Crippen LogP contribution >= 0.6 is 0 Å². The first-order valence-electron chi connectivity index (χ1n) is 5.52. The normalized spacial score (nSPS) is 11.9. The molecule has 0 saturated heterocycles. The molecular weight excluding hydrogens is 216 g/mol. The molecule has 2 amide bonds. The average Bonchev–Trinajstić information content (AvgIpc) is 2.21. The van der Waals surface area contributed by atoms with Gasteiger partial charge in [-0.2, -0.15) is 0 Å². The Morgan fingerprint density at radius 1 is 1.29 bits per heavy atom. The number of nitrogens with two attached hydrogens (primary N) is 1. The van der Waals surface area contributed by atoms with Crippen LogP contribution in [0.15, 0.2) is 18.2 Å². The van der Waals surface area contributed by atoms with Crippen LogP contribution in [0.2, 0.25) is 0 Å². The first-order valence-corrected chi connectivity index (χ1v) is 5.52. The molecule has 0 aliphatic rings. The van der Waals surface area contributed by atoms with Gasteiger partial charge < -0.3 is 11.1 Å². The molecule has 1 aromatic carbocycles. The minimum atomic E-state index is -0.644. The predicted octanol–water partition coefficient (Wildman–Crippen LogP) is 0.836. The lowest BCUT2D eigenvalue weighted by Crippen LogP contribution is -2.45. The summed E-state index contributed by atoms with van der Waals surface area (Å²) in [6.07, 6.45) is 0.427. The van der Waals surface area contributed by atoms with Crippen molar-refractivity contribution < 1.29 is 9.59 Å². The van der Waals surface area contributed by atoms with Crippen LogP contribution in [-0.2, 0) is 16.0 Å². The van der Waals surface area contributed by atoms with E-state index in [-0.39, 0.29) is 5.91 Å². The molecule has 0 aliphatic carbocycles. The molecule has 0 fully saturated rings. The van der Waals surface area contributed by atoms with Gasteiger partial charge in [-0.1, -0.05) is 18.2 Å². The number of amides is 2. The Morgan fingerprint density at radius 3 is 2.41 bits per heavy atom. The Balaban J connectivity index is 2.82. The lowest BCUT2D eigenvalue weighted by Gasteiger charge is -2.15. The number of carbonyl (C=O) groups excluding carboxylic acids is 2. The number of rotatable bonds is 4. The van der Waals surface area contributed by atoms with Crippen molar-refractivity contribution in [1.82, 2.24) is 5.32 Å². The molecule has 17 heavy (non-hydrogen) atoms. The van der Waals surface area contributed by atoms with E-state index < -0.39 is 11.9 Å². The molecule has 1 rings (SSSR count). The molecule has 1 aromatic rings. The van der Waals surface area contributed by atoms with Crippen LogP contribution in [0.3, 0.4) is 0 Å². The molecule has 0 radical (unpaired) electrons. The summed E-state index contributed by atoms with van der Waals surface area (Å²) in [5.74, 6) is -0.768. The minimum absolute atomic E-state index is 0.252. The Kier molecular flexibility index (Phi) is 4.26. The number of hydrogen-bond acceptors (Lipinski definition) is 2. The molecule has 1 atom stereocenters. The van der Waals surface area contributed by atoms with Gasteiger partial charge in [0.15, 0.2) is 0 Å². The minimum Gasteiger partial charge on any atom is -0.368 e. The van der Waals surface area contributed by atoms with E-state index in [1.807, 2.05) is 32.0 Å². The van der Waals surface area contributed by atoms with Crippen molar-refractivity contribution in [2.75, 3.05) is 0 Å². The van der Waals surface area contributed by atoms with E-state index in [1.165, 1.54) is 12.5 Å². The van der Waals surface area contributed by atoms with E-state index in [0.717, 1.165) is 11.1 Å². The molecule has 92 valence electrons. The summed E-state index contributed by atoms with van der Waals surface area (Å²) in [7, 11) is 0. The fraction of sp³-hybridized carbons (Fsp3) is 0.385. The summed E-state index contributed by atoms with van der Waals surface area (Å²) < 4.78 is 0. The van der Waals surface area contributed by atoms with E-state index in [4.69, 9.17) is 5.73 Å². The van der Waals surface area contributed by atoms with E-state index in [0.29, 0.717) is 6.42 Å². The molecule has 4 heteroatoms. The van der Waals surface area contributed by atoms with Crippen molar-refractivity contribution in [3.63, 3.8) is 0 Å². The van der Waals surface area contributed by atoms with Crippen LogP contribution in [0, 0.1) is 13.8 Å². The van der Waals surface area contributed by atoms with Gasteiger partial charge >= 0.3 is 0 Å². The second-order valence-corrected chi connectivity index (χ2v) is 4.28. The molecule has 0 spiro atoms. The highest BCUT2D eigenvalue weighted by Gasteiger charge is 2.16. The van der Waals surface area contributed by atoms with Gasteiger partial charge in [-0.15, -0.1) is 0 Å². The third-order valence-electron chi connectivity index (χ3n) is 2.73. The van der Waals surface area contributed by atoms with Gasteiger partial charge in [-0.3, -0.25) is 9.59 Å². The summed E-state index contributed by atoms with van der Waals surface area (Å²) >= 11 is 0. The molecule has 0 saturated carbocycles. The van der Waals surface area contributed by atoms with Crippen LogP contribution in [0.25, 0.3) is 0 Å². The topological polar surface area (TPSA) is 72.2 Å². The summed E-state index contributed by atoms with van der Waals surface area (Å²) in [5.41, 5.74) is 8.60. The van der Waals surface area contributed by atoms with Crippen LogP contribution in [0.1, 0.15) is 23.6 Å². The molecule has 0 heterocycles. The quantitative estimate of drug-likeness (QED) is 0.810. The fourth-order valence-electron chi connectivity index (χ4n) is 1.63. The van der Waals surface area contributed by atoms with E-state index in [1.54, 1.807) is 0 Å². The van der Waals surface area contributed by atoms with Crippen LogP contribution in [-0.4, -0.2) is 17.9 Å². The highest BCUT2D eigenvalue weighted by Crippen LogP contribution is 2.11. The Hall–Kier alpha value is -1.84. The number of aryl methyl sites for hydroxylation is 2. The van der Waals surface area contributed by atoms with Gasteiger partial charge in [0.25, 0.3) is 0 Å². The third-order valence-corrected chi connectivity index (χ3v) is 2.73. The van der Waals surface area contributed by atoms with Crippen LogP contribution in [0.5, 0.6) is 0 Å². The zero-order valence-electron chi connectivity index (χ0n) is 10.4. The summed E-state index contributed by atoms with van der Waals surface area (Å²) in [5, 5.41) is 2.55. The molecule has 4 nitrogen and oxygen atoms in total. The first kappa shape index (κ1) is 13.2. The Morgan fingerprint density at radius 2 is 1.94 bits per heavy atom. The van der Waals surface area contributed by atoms with Gasteiger partial charge in [0, 0.05) is 13.3 Å². The standard InChI is InChI=1S/C13H18N2O2/c1-8-4-5-11(6-9(8)2)7-12(13(14)17)15-10(3)16/h4-6,12H,7H2,1-3H3,(H2,14,17)(H,15,16)/t12-/m1/s1. The van der Waals surface area contributed by atoms with Gasteiger partial charge in [-0.05, 0) is 30.5 Å². The van der Waals surface area contributed by atoms with E-state index in [9.17, 15) is 9.59 Å². The largest absolute Gasteiger partial charge is 0.368 e. The monoisotopic (exact) mass is 234 g/mol. The second-order valence-electron chi connectivity index (χ2n) is 4.28. The van der Waals surface area contributed by atoms with Gasteiger partial charge in [0.05, 0.1) is 0 Å². The molecular formula is C13H18N2O2. The lowest BCUT2D eigenvalue weighted by molar-refractivity contribution is -0.126. The number of primary amides is 1. The lowest BCUT2D eigenvalue weighted by atomic mass is 10.0. The highest BCUT2D eigenvalue weighted by molar-refractivity contribution is 5.85. The average molecular weight is 234 g/mol. The summed E-state index contributed by atoms with van der Waals surface area (Å²) in [6.45, 7) is 5.41. The third kappa shape index (κ3) is 3.90. The molecule has 0 unspecified atom stereocenters. The maximum Gasteiger partial charge on any atom is 0.240 e. The summed E-state index contributed by atoms with van der Waals surface area (Å²) in [6, 6.07) is 5.30. The molecule has 0 aromatic heterocycles. The van der Waals surface area contributed by atoms with Gasteiger partial charge in [-0.25, -0.2) is 0 Å².